The fourth-order valence-electron chi connectivity index (χ4n) is 2.12. The number of halogens is 2. The molecule has 0 saturated carbocycles. The third-order valence-corrected chi connectivity index (χ3v) is 3.49. The third-order valence-electron chi connectivity index (χ3n) is 3.49. The van der Waals surface area contributed by atoms with Crippen molar-refractivity contribution >= 4 is 36.5 Å². The van der Waals surface area contributed by atoms with E-state index in [1.165, 1.54) is 12.4 Å². The van der Waals surface area contributed by atoms with Gasteiger partial charge in [0.1, 0.15) is 11.4 Å². The van der Waals surface area contributed by atoms with Crippen LogP contribution in [0.1, 0.15) is 11.1 Å². The minimum Gasteiger partial charge on any atom is -0.409 e. The highest BCUT2D eigenvalue weighted by atomic mass is 35.5. The highest BCUT2D eigenvalue weighted by Gasteiger charge is 2.08. The summed E-state index contributed by atoms with van der Waals surface area (Å²) in [6.07, 6.45) is 6.09. The molecule has 146 valence electrons. The molecular formula is C16H16Cl2N8O2. The topological polar surface area (TPSA) is 169 Å². The van der Waals surface area contributed by atoms with Gasteiger partial charge in [-0.15, -0.1) is 24.8 Å². The Morgan fingerprint density at radius 1 is 0.679 bits per heavy atom. The van der Waals surface area contributed by atoms with Gasteiger partial charge in [-0.05, 0) is 24.3 Å². The van der Waals surface area contributed by atoms with Crippen molar-refractivity contribution in [2.45, 2.75) is 0 Å². The molecule has 10 nitrogen and oxygen atoms in total. The molecular weight excluding hydrogens is 407 g/mol. The highest BCUT2D eigenvalue weighted by molar-refractivity contribution is 5.97. The first kappa shape index (κ1) is 22.5. The Labute approximate surface area is 171 Å². The van der Waals surface area contributed by atoms with Crippen molar-refractivity contribution in [1.29, 1.82) is 0 Å². The van der Waals surface area contributed by atoms with Crippen LogP contribution in [0.3, 0.4) is 0 Å². The van der Waals surface area contributed by atoms with Crippen molar-refractivity contribution in [2.24, 2.45) is 21.8 Å². The molecule has 0 saturated heterocycles. The maximum Gasteiger partial charge on any atom is 0.171 e. The monoisotopic (exact) mass is 422 g/mol. The second kappa shape index (κ2) is 10.00. The molecule has 0 aliphatic carbocycles. The highest BCUT2D eigenvalue weighted by Crippen LogP contribution is 2.19. The number of rotatable bonds is 4. The maximum absolute atomic E-state index is 8.68. The van der Waals surface area contributed by atoms with Gasteiger partial charge in [0.15, 0.2) is 11.7 Å². The van der Waals surface area contributed by atoms with E-state index in [1.807, 2.05) is 0 Å². The Hall–Kier alpha value is -3.50. The van der Waals surface area contributed by atoms with Gasteiger partial charge in [0.25, 0.3) is 0 Å². The second-order valence-corrected chi connectivity index (χ2v) is 5.12. The molecule has 3 aromatic heterocycles. The van der Waals surface area contributed by atoms with Crippen LogP contribution in [0, 0.1) is 0 Å². The van der Waals surface area contributed by atoms with Gasteiger partial charge in [0.2, 0.25) is 0 Å². The molecule has 0 radical (unpaired) electrons. The van der Waals surface area contributed by atoms with Crippen LogP contribution < -0.4 is 11.5 Å². The Kier molecular flexibility index (Phi) is 8.05. The molecule has 3 rings (SSSR count). The molecule has 0 spiro atoms. The molecule has 3 aromatic rings. The zero-order valence-electron chi connectivity index (χ0n) is 14.2. The summed E-state index contributed by atoms with van der Waals surface area (Å²) in [6, 6.07) is 6.71. The summed E-state index contributed by atoms with van der Waals surface area (Å²) in [5, 5.41) is 23.2. The van der Waals surface area contributed by atoms with Gasteiger partial charge >= 0.3 is 0 Å². The molecule has 0 amide bonds. The Balaban J connectivity index is 0.00000196. The Morgan fingerprint density at radius 3 is 1.43 bits per heavy atom. The predicted molar refractivity (Wildman–Crippen MR) is 108 cm³/mol. The smallest absolute Gasteiger partial charge is 0.171 e. The average molecular weight is 423 g/mol. The SMILES string of the molecule is Cl.Cl.N/C(=N/O)c1ccc(-c2cncc(-c3ccc(/C(N)=N\O)cn3)n2)nc1. The Bertz CT molecular complexity index is 902. The standard InChI is InChI=1S/C16H14N8O2.2ClH/c17-15(23-25)9-1-3-11(20-5-9)13-7-19-8-14(22-13)12-4-2-10(6-21-12)16(18)24-26;;/h1-8,25-26H,(H2,17,23)(H2,18,24);2*1H. The maximum atomic E-state index is 8.68. The summed E-state index contributed by atoms with van der Waals surface area (Å²) < 4.78 is 0. The number of aromatic nitrogens is 4. The van der Waals surface area contributed by atoms with Crippen molar-refractivity contribution in [3.05, 3.63) is 60.2 Å². The van der Waals surface area contributed by atoms with Gasteiger partial charge in [0.05, 0.1) is 23.8 Å². The van der Waals surface area contributed by atoms with Crippen molar-refractivity contribution in [1.82, 2.24) is 19.9 Å². The summed E-state index contributed by atoms with van der Waals surface area (Å²) in [4.78, 5) is 17.2. The van der Waals surface area contributed by atoms with E-state index in [0.29, 0.717) is 33.9 Å². The number of amidine groups is 2. The molecule has 0 atom stereocenters. The van der Waals surface area contributed by atoms with Crippen molar-refractivity contribution < 1.29 is 10.4 Å². The van der Waals surface area contributed by atoms with Crippen molar-refractivity contribution in [3.8, 4) is 22.8 Å². The normalized spacial score (nSPS) is 11.3. The first-order valence-corrected chi connectivity index (χ1v) is 7.33. The molecule has 12 heteroatoms. The molecule has 28 heavy (non-hydrogen) atoms. The van der Waals surface area contributed by atoms with Crippen LogP contribution in [-0.2, 0) is 0 Å². The largest absolute Gasteiger partial charge is 0.409 e. The van der Waals surface area contributed by atoms with E-state index in [0.717, 1.165) is 0 Å². The summed E-state index contributed by atoms with van der Waals surface area (Å²) >= 11 is 0. The van der Waals surface area contributed by atoms with Crippen molar-refractivity contribution in [2.75, 3.05) is 0 Å². The van der Waals surface area contributed by atoms with Crippen LogP contribution in [0.25, 0.3) is 22.8 Å². The lowest BCUT2D eigenvalue weighted by Gasteiger charge is -2.05. The van der Waals surface area contributed by atoms with Gasteiger partial charge in [-0.1, -0.05) is 10.3 Å². The van der Waals surface area contributed by atoms with Crippen LogP contribution in [0.5, 0.6) is 0 Å². The summed E-state index contributed by atoms with van der Waals surface area (Å²) in [5.41, 5.74) is 14.2. The van der Waals surface area contributed by atoms with Crippen LogP contribution in [0.2, 0.25) is 0 Å². The fraction of sp³-hybridized carbons (Fsp3) is 0. The molecule has 0 aliphatic rings. The average Bonchev–Trinajstić information content (AvgIpc) is 2.73. The molecule has 0 fully saturated rings. The first-order valence-electron chi connectivity index (χ1n) is 7.33. The minimum atomic E-state index is -0.0288. The van der Waals surface area contributed by atoms with E-state index in [-0.39, 0.29) is 36.5 Å². The van der Waals surface area contributed by atoms with Crippen molar-refractivity contribution in [3.63, 3.8) is 0 Å². The lowest BCUT2D eigenvalue weighted by molar-refractivity contribution is 0.318. The van der Waals surface area contributed by atoms with Gasteiger partial charge in [-0.3, -0.25) is 15.0 Å². The molecule has 0 aromatic carbocycles. The number of hydrogen-bond donors (Lipinski definition) is 4. The number of hydrogen-bond acceptors (Lipinski definition) is 8. The van der Waals surface area contributed by atoms with E-state index >= 15 is 0 Å². The van der Waals surface area contributed by atoms with E-state index < -0.39 is 0 Å². The van der Waals surface area contributed by atoms with Gasteiger partial charge < -0.3 is 21.9 Å². The van der Waals surface area contributed by atoms with Crippen LogP contribution in [0.15, 0.2) is 59.4 Å². The lowest BCUT2D eigenvalue weighted by atomic mass is 10.2. The van der Waals surface area contributed by atoms with Crippen LogP contribution in [-0.4, -0.2) is 42.0 Å². The summed E-state index contributed by atoms with van der Waals surface area (Å²) in [5.74, 6) is -0.0577. The molecule has 0 unspecified atom stereocenters. The Morgan fingerprint density at radius 2 is 1.11 bits per heavy atom. The summed E-state index contributed by atoms with van der Waals surface area (Å²) in [7, 11) is 0. The number of oxime groups is 2. The van der Waals surface area contributed by atoms with Crippen LogP contribution >= 0.6 is 24.8 Å². The second-order valence-electron chi connectivity index (χ2n) is 5.12. The molecule has 3 heterocycles. The number of pyridine rings is 2. The lowest BCUT2D eigenvalue weighted by Crippen LogP contribution is -2.13. The quantitative estimate of drug-likeness (QED) is 0.212. The zero-order chi connectivity index (χ0) is 18.5. The van der Waals surface area contributed by atoms with Gasteiger partial charge in [-0.2, -0.15) is 0 Å². The third kappa shape index (κ3) is 4.81. The predicted octanol–water partition coefficient (Wildman–Crippen LogP) is 1.63. The van der Waals surface area contributed by atoms with Gasteiger partial charge in [-0.25, -0.2) is 4.98 Å². The van der Waals surface area contributed by atoms with Gasteiger partial charge in [0, 0.05) is 23.5 Å². The van der Waals surface area contributed by atoms with E-state index in [9.17, 15) is 0 Å². The number of nitrogens with two attached hydrogens (primary N) is 2. The zero-order valence-corrected chi connectivity index (χ0v) is 15.8. The summed E-state index contributed by atoms with van der Waals surface area (Å²) in [6.45, 7) is 0. The fourth-order valence-corrected chi connectivity index (χ4v) is 2.12. The molecule has 0 bridgehead atoms. The van der Waals surface area contributed by atoms with E-state index in [2.05, 4.69) is 30.2 Å². The first-order chi connectivity index (χ1) is 12.6. The van der Waals surface area contributed by atoms with Crippen LogP contribution in [0.4, 0.5) is 0 Å². The molecule has 6 N–H and O–H groups in total. The number of nitrogens with zero attached hydrogens (tertiary/aromatic N) is 6. The minimum absolute atomic E-state index is 0. The van der Waals surface area contributed by atoms with E-state index in [1.54, 1.807) is 36.7 Å². The van der Waals surface area contributed by atoms with E-state index in [4.69, 9.17) is 21.9 Å². The molecule has 0 aliphatic heterocycles.